The summed E-state index contributed by atoms with van der Waals surface area (Å²) in [7, 11) is 0. The fourth-order valence-corrected chi connectivity index (χ4v) is 3.96. The van der Waals surface area contributed by atoms with E-state index in [1.807, 2.05) is 47.2 Å². The van der Waals surface area contributed by atoms with Gasteiger partial charge in [-0.2, -0.15) is 5.10 Å². The third-order valence-electron chi connectivity index (χ3n) is 5.61. The number of benzene rings is 2. The van der Waals surface area contributed by atoms with Crippen LogP contribution in [0, 0.1) is 0 Å². The Balaban J connectivity index is 1.54. The molecule has 0 bridgehead atoms. The molecule has 5 rings (SSSR count). The molecular weight excluding hydrogens is 430 g/mol. The predicted octanol–water partition coefficient (Wildman–Crippen LogP) is 3.21. The number of aromatic nitrogens is 5. The first-order valence-corrected chi connectivity index (χ1v) is 10.6. The Bertz CT molecular complexity index is 1540. The smallest absolute Gasteiger partial charge is 0.260 e. The highest BCUT2D eigenvalue weighted by atomic mass is 16.2. The van der Waals surface area contributed by atoms with E-state index in [1.54, 1.807) is 28.9 Å². The number of nitrogens with zero attached hydrogens (tertiary/aromatic N) is 6. The lowest BCUT2D eigenvalue weighted by atomic mass is 10.2. The Kier molecular flexibility index (Phi) is 5.35. The van der Waals surface area contributed by atoms with Gasteiger partial charge in [0.2, 0.25) is 0 Å². The number of rotatable bonds is 6. The first-order chi connectivity index (χ1) is 16.6. The molecule has 0 aliphatic rings. The maximum Gasteiger partial charge on any atom is 0.260 e. The van der Waals surface area contributed by atoms with Crippen LogP contribution in [0.5, 0.6) is 0 Å². The number of imide groups is 1. The quantitative estimate of drug-likeness (QED) is 0.397. The largest absolute Gasteiger partial charge is 0.383 e. The van der Waals surface area contributed by atoms with Gasteiger partial charge in [0.05, 0.1) is 12.1 Å². The minimum atomic E-state index is -0.490. The standard InChI is InChI=1S/C25H21N7O2/c1-2-20(33)31(25(34)18-9-4-3-5-10-18)14-15-32-23-21(22(26)27-16-28-23)24(29-32)30-13-12-17-8-6-7-11-19(17)30/h2-13,16H,1,14-15H2,(H2,26,27,28). The molecule has 2 N–H and O–H groups in total. The van der Waals surface area contributed by atoms with Crippen molar-refractivity contribution in [3.63, 3.8) is 0 Å². The van der Waals surface area contributed by atoms with Gasteiger partial charge in [0, 0.05) is 18.3 Å². The maximum absolute atomic E-state index is 13.0. The predicted molar refractivity (Wildman–Crippen MR) is 129 cm³/mol. The summed E-state index contributed by atoms with van der Waals surface area (Å²) in [5.74, 6) is -0.0301. The molecule has 0 radical (unpaired) electrons. The van der Waals surface area contributed by atoms with Crippen molar-refractivity contribution in [3.8, 4) is 5.82 Å². The lowest BCUT2D eigenvalue weighted by molar-refractivity contribution is -0.123. The van der Waals surface area contributed by atoms with Gasteiger partial charge in [0.15, 0.2) is 11.5 Å². The zero-order valence-corrected chi connectivity index (χ0v) is 18.2. The second-order valence-electron chi connectivity index (χ2n) is 7.61. The van der Waals surface area contributed by atoms with Crippen molar-refractivity contribution >= 4 is 39.6 Å². The summed E-state index contributed by atoms with van der Waals surface area (Å²) >= 11 is 0. The Labute approximate surface area is 194 Å². The minimum absolute atomic E-state index is 0.0745. The van der Waals surface area contributed by atoms with Crippen molar-refractivity contribution in [2.45, 2.75) is 6.54 Å². The van der Waals surface area contributed by atoms with Crippen molar-refractivity contribution in [1.82, 2.24) is 29.2 Å². The average Bonchev–Trinajstić information content (AvgIpc) is 3.46. The van der Waals surface area contributed by atoms with Gasteiger partial charge in [-0.05, 0) is 35.7 Å². The summed E-state index contributed by atoms with van der Waals surface area (Å²) in [6.45, 7) is 3.82. The summed E-state index contributed by atoms with van der Waals surface area (Å²) < 4.78 is 3.56. The molecule has 0 atom stereocenters. The highest BCUT2D eigenvalue weighted by Gasteiger charge is 2.23. The molecule has 9 heteroatoms. The van der Waals surface area contributed by atoms with E-state index >= 15 is 0 Å². The third-order valence-corrected chi connectivity index (χ3v) is 5.61. The zero-order valence-electron chi connectivity index (χ0n) is 18.2. The molecule has 2 amide bonds. The van der Waals surface area contributed by atoms with Crippen LogP contribution in [-0.4, -0.2) is 47.6 Å². The molecule has 3 heterocycles. The number of anilines is 1. The Hall–Kier alpha value is -4.79. The van der Waals surface area contributed by atoms with Crippen molar-refractivity contribution in [3.05, 3.63) is 91.4 Å². The van der Waals surface area contributed by atoms with E-state index in [0.29, 0.717) is 28.2 Å². The van der Waals surface area contributed by atoms with Gasteiger partial charge >= 0.3 is 0 Å². The number of para-hydroxylation sites is 1. The number of nitrogen functional groups attached to an aromatic ring is 1. The van der Waals surface area contributed by atoms with Crippen molar-refractivity contribution < 1.29 is 9.59 Å². The van der Waals surface area contributed by atoms with Crippen molar-refractivity contribution in [1.29, 1.82) is 0 Å². The second kappa shape index (κ2) is 8.62. The van der Waals surface area contributed by atoms with Gasteiger partial charge in [-0.3, -0.25) is 19.1 Å². The third kappa shape index (κ3) is 3.58. The van der Waals surface area contributed by atoms with Gasteiger partial charge in [-0.25, -0.2) is 14.6 Å². The number of nitrogens with two attached hydrogens (primary N) is 1. The molecule has 0 saturated heterocycles. The Morgan fingerprint density at radius 1 is 1.03 bits per heavy atom. The van der Waals surface area contributed by atoms with Crippen molar-refractivity contribution in [2.75, 3.05) is 12.3 Å². The first-order valence-electron chi connectivity index (χ1n) is 10.6. The van der Waals surface area contributed by atoms with E-state index < -0.39 is 11.8 Å². The lowest BCUT2D eigenvalue weighted by Crippen LogP contribution is -2.38. The second-order valence-corrected chi connectivity index (χ2v) is 7.61. The highest BCUT2D eigenvalue weighted by Crippen LogP contribution is 2.28. The molecule has 168 valence electrons. The van der Waals surface area contributed by atoms with E-state index in [9.17, 15) is 9.59 Å². The van der Waals surface area contributed by atoms with Crippen LogP contribution in [0.2, 0.25) is 0 Å². The van der Waals surface area contributed by atoms with Gasteiger partial charge < -0.3 is 5.73 Å². The van der Waals surface area contributed by atoms with Crippen LogP contribution >= 0.6 is 0 Å². The monoisotopic (exact) mass is 451 g/mol. The van der Waals surface area contributed by atoms with E-state index in [2.05, 4.69) is 16.5 Å². The van der Waals surface area contributed by atoms with Crippen LogP contribution in [-0.2, 0) is 11.3 Å². The number of carbonyl (C=O) groups is 2. The lowest BCUT2D eigenvalue weighted by Gasteiger charge is -2.19. The van der Waals surface area contributed by atoms with Gasteiger partial charge in [-0.1, -0.05) is 43.0 Å². The van der Waals surface area contributed by atoms with Crippen LogP contribution < -0.4 is 5.73 Å². The normalized spacial score (nSPS) is 11.1. The van der Waals surface area contributed by atoms with E-state index in [4.69, 9.17) is 10.8 Å². The molecule has 3 aromatic heterocycles. The SMILES string of the molecule is C=CC(=O)N(CCn1nc(-n2ccc3ccccc32)c2c(N)ncnc21)C(=O)c1ccccc1. The van der Waals surface area contributed by atoms with E-state index in [0.717, 1.165) is 21.9 Å². The maximum atomic E-state index is 13.0. The van der Waals surface area contributed by atoms with Gasteiger partial charge in [-0.15, -0.1) is 0 Å². The first kappa shape index (κ1) is 21.1. The zero-order chi connectivity index (χ0) is 23.7. The summed E-state index contributed by atoms with van der Waals surface area (Å²) in [6, 6.07) is 18.5. The Morgan fingerprint density at radius 2 is 1.79 bits per heavy atom. The number of hydrogen-bond acceptors (Lipinski definition) is 6. The van der Waals surface area contributed by atoms with Gasteiger partial charge in [0.25, 0.3) is 11.8 Å². The highest BCUT2D eigenvalue weighted by molar-refractivity contribution is 6.07. The van der Waals surface area contributed by atoms with E-state index in [-0.39, 0.29) is 13.1 Å². The summed E-state index contributed by atoms with van der Waals surface area (Å²) in [6.07, 6.45) is 4.41. The molecule has 0 aliphatic heterocycles. The molecule has 0 saturated carbocycles. The van der Waals surface area contributed by atoms with Crippen LogP contribution in [0.4, 0.5) is 5.82 Å². The number of carbonyl (C=O) groups excluding carboxylic acids is 2. The number of hydrogen-bond donors (Lipinski definition) is 1. The molecule has 34 heavy (non-hydrogen) atoms. The number of amides is 2. The fraction of sp³-hybridized carbons (Fsp3) is 0.0800. The topological polar surface area (TPSA) is 112 Å². The summed E-state index contributed by atoms with van der Waals surface area (Å²) in [5.41, 5.74) is 8.10. The molecular formula is C25H21N7O2. The van der Waals surface area contributed by atoms with E-state index in [1.165, 1.54) is 6.33 Å². The minimum Gasteiger partial charge on any atom is -0.383 e. The molecule has 9 nitrogen and oxygen atoms in total. The summed E-state index contributed by atoms with van der Waals surface area (Å²) in [4.78, 5) is 35.2. The molecule has 0 spiro atoms. The Morgan fingerprint density at radius 3 is 2.59 bits per heavy atom. The van der Waals surface area contributed by atoms with Crippen molar-refractivity contribution in [2.24, 2.45) is 0 Å². The van der Waals surface area contributed by atoms with Gasteiger partial charge in [0.1, 0.15) is 17.5 Å². The molecule has 5 aromatic rings. The fourth-order valence-electron chi connectivity index (χ4n) is 3.96. The average molecular weight is 451 g/mol. The summed E-state index contributed by atoms with van der Waals surface area (Å²) in [5, 5.41) is 6.40. The van der Waals surface area contributed by atoms with Crippen LogP contribution in [0.3, 0.4) is 0 Å². The number of fused-ring (bicyclic) bond motifs is 2. The molecule has 2 aromatic carbocycles. The van der Waals surface area contributed by atoms with Crippen LogP contribution in [0.1, 0.15) is 10.4 Å². The van der Waals surface area contributed by atoms with Crippen LogP contribution in [0.25, 0.3) is 27.8 Å². The molecule has 0 fully saturated rings. The molecule has 0 aliphatic carbocycles. The molecule has 0 unspecified atom stereocenters. The van der Waals surface area contributed by atoms with Crippen LogP contribution in [0.15, 0.2) is 85.8 Å².